The van der Waals surface area contributed by atoms with Gasteiger partial charge in [0, 0.05) is 24.9 Å². The number of Topliss-reactive ketones (excluding diaryl/α,β-unsaturated/α-hetero) is 1. The summed E-state index contributed by atoms with van der Waals surface area (Å²) >= 11 is 0. The van der Waals surface area contributed by atoms with Gasteiger partial charge in [0.05, 0.1) is 0 Å². The van der Waals surface area contributed by atoms with Crippen LogP contribution < -0.4 is 0 Å². The van der Waals surface area contributed by atoms with Crippen LogP contribution in [0.4, 0.5) is 0 Å². The van der Waals surface area contributed by atoms with Crippen molar-refractivity contribution in [2.24, 2.45) is 5.92 Å². The standard InChI is InChI=1S/C14H23NO/c16-13-6-3-5-12(10-13)15-9-8-11-4-1-2-7-14(11)15/h11-12,14H,1-10H2. The van der Waals surface area contributed by atoms with Gasteiger partial charge in [0.2, 0.25) is 0 Å². The molecule has 2 nitrogen and oxygen atoms in total. The number of carbonyl (C=O) groups excluding carboxylic acids is 1. The van der Waals surface area contributed by atoms with E-state index >= 15 is 0 Å². The van der Waals surface area contributed by atoms with Crippen LogP contribution in [0.1, 0.15) is 57.8 Å². The van der Waals surface area contributed by atoms with Gasteiger partial charge in [-0.1, -0.05) is 12.8 Å². The number of rotatable bonds is 1. The number of hydrogen-bond acceptors (Lipinski definition) is 2. The van der Waals surface area contributed by atoms with Crippen LogP contribution in [0.2, 0.25) is 0 Å². The molecule has 0 aromatic heterocycles. The van der Waals surface area contributed by atoms with E-state index in [0.717, 1.165) is 31.2 Å². The van der Waals surface area contributed by atoms with Gasteiger partial charge in [-0.3, -0.25) is 9.69 Å². The lowest BCUT2D eigenvalue weighted by atomic mass is 9.84. The highest BCUT2D eigenvalue weighted by atomic mass is 16.1. The molecule has 0 aromatic carbocycles. The molecule has 1 saturated heterocycles. The lowest BCUT2D eigenvalue weighted by molar-refractivity contribution is -0.122. The monoisotopic (exact) mass is 221 g/mol. The van der Waals surface area contributed by atoms with Gasteiger partial charge in [0.15, 0.2) is 0 Å². The molecular formula is C14H23NO. The highest BCUT2D eigenvalue weighted by Crippen LogP contribution is 2.39. The van der Waals surface area contributed by atoms with Crippen LogP contribution >= 0.6 is 0 Å². The molecule has 90 valence electrons. The first-order valence-electron chi connectivity index (χ1n) is 7.12. The molecule has 3 atom stereocenters. The first-order chi connectivity index (χ1) is 7.84. The first-order valence-corrected chi connectivity index (χ1v) is 7.12. The number of fused-ring (bicyclic) bond motifs is 1. The molecule has 16 heavy (non-hydrogen) atoms. The largest absolute Gasteiger partial charge is 0.300 e. The van der Waals surface area contributed by atoms with E-state index < -0.39 is 0 Å². The molecule has 0 aromatic rings. The summed E-state index contributed by atoms with van der Waals surface area (Å²) in [4.78, 5) is 14.3. The third-order valence-electron chi connectivity index (χ3n) is 4.98. The van der Waals surface area contributed by atoms with E-state index in [9.17, 15) is 4.79 Å². The van der Waals surface area contributed by atoms with E-state index in [-0.39, 0.29) is 0 Å². The summed E-state index contributed by atoms with van der Waals surface area (Å²) in [6.45, 7) is 1.27. The van der Waals surface area contributed by atoms with Gasteiger partial charge in [-0.15, -0.1) is 0 Å². The van der Waals surface area contributed by atoms with Gasteiger partial charge in [-0.25, -0.2) is 0 Å². The Morgan fingerprint density at radius 3 is 2.75 bits per heavy atom. The SMILES string of the molecule is O=C1CCCC(N2CCC3CCCCC32)C1. The Labute approximate surface area is 98.4 Å². The lowest BCUT2D eigenvalue weighted by Crippen LogP contribution is -2.44. The molecular weight excluding hydrogens is 198 g/mol. The van der Waals surface area contributed by atoms with Crippen LogP contribution in [-0.4, -0.2) is 29.3 Å². The molecule has 0 spiro atoms. The minimum absolute atomic E-state index is 0.510. The maximum absolute atomic E-state index is 11.6. The van der Waals surface area contributed by atoms with Crippen molar-refractivity contribution in [3.63, 3.8) is 0 Å². The Morgan fingerprint density at radius 2 is 1.88 bits per heavy atom. The quantitative estimate of drug-likeness (QED) is 0.678. The minimum Gasteiger partial charge on any atom is -0.300 e. The van der Waals surface area contributed by atoms with E-state index in [0.29, 0.717) is 11.8 Å². The Kier molecular flexibility index (Phi) is 3.01. The lowest BCUT2D eigenvalue weighted by Gasteiger charge is -2.38. The molecule has 2 aliphatic carbocycles. The van der Waals surface area contributed by atoms with Crippen LogP contribution in [-0.2, 0) is 4.79 Å². The molecule has 1 heterocycles. The fraction of sp³-hybridized carbons (Fsp3) is 0.929. The number of ketones is 1. The number of nitrogens with zero attached hydrogens (tertiary/aromatic N) is 1. The highest BCUT2D eigenvalue weighted by molar-refractivity contribution is 5.79. The van der Waals surface area contributed by atoms with E-state index in [2.05, 4.69) is 4.90 Å². The van der Waals surface area contributed by atoms with Gasteiger partial charge >= 0.3 is 0 Å². The topological polar surface area (TPSA) is 20.3 Å². The molecule has 0 bridgehead atoms. The van der Waals surface area contributed by atoms with Crippen molar-refractivity contribution in [1.29, 1.82) is 0 Å². The summed E-state index contributed by atoms with van der Waals surface area (Å²) in [5.74, 6) is 1.47. The van der Waals surface area contributed by atoms with Crippen LogP contribution in [0.3, 0.4) is 0 Å². The minimum atomic E-state index is 0.510. The van der Waals surface area contributed by atoms with Gasteiger partial charge in [-0.05, 0) is 44.6 Å². The molecule has 3 rings (SSSR count). The normalized spacial score (nSPS) is 41.0. The van der Waals surface area contributed by atoms with Gasteiger partial charge in [0.25, 0.3) is 0 Å². The summed E-state index contributed by atoms with van der Waals surface area (Å²) in [7, 11) is 0. The van der Waals surface area contributed by atoms with E-state index in [1.54, 1.807) is 0 Å². The highest BCUT2D eigenvalue weighted by Gasteiger charge is 2.39. The number of carbonyl (C=O) groups is 1. The van der Waals surface area contributed by atoms with Crippen molar-refractivity contribution in [3.05, 3.63) is 0 Å². The molecule has 0 amide bonds. The van der Waals surface area contributed by atoms with Crippen molar-refractivity contribution in [1.82, 2.24) is 4.90 Å². The summed E-state index contributed by atoms with van der Waals surface area (Å²) < 4.78 is 0. The predicted molar refractivity (Wildman–Crippen MR) is 64.3 cm³/mol. The van der Waals surface area contributed by atoms with E-state index in [1.165, 1.54) is 45.1 Å². The summed E-state index contributed by atoms with van der Waals surface area (Å²) in [6.07, 6.45) is 11.2. The molecule has 3 fully saturated rings. The molecule has 2 heteroatoms. The van der Waals surface area contributed by atoms with Gasteiger partial charge in [-0.2, -0.15) is 0 Å². The zero-order valence-corrected chi connectivity index (χ0v) is 10.2. The molecule has 0 N–H and O–H groups in total. The zero-order chi connectivity index (χ0) is 11.0. The van der Waals surface area contributed by atoms with E-state index in [1.807, 2.05) is 0 Å². The Balaban J connectivity index is 1.67. The third-order valence-corrected chi connectivity index (χ3v) is 4.98. The maximum Gasteiger partial charge on any atom is 0.134 e. The smallest absolute Gasteiger partial charge is 0.134 e. The fourth-order valence-corrected chi connectivity index (χ4v) is 4.18. The fourth-order valence-electron chi connectivity index (χ4n) is 4.18. The Bertz CT molecular complexity index is 276. The Morgan fingerprint density at radius 1 is 1.00 bits per heavy atom. The van der Waals surface area contributed by atoms with Gasteiger partial charge in [0.1, 0.15) is 5.78 Å². The van der Waals surface area contributed by atoms with Crippen molar-refractivity contribution >= 4 is 5.78 Å². The molecule has 2 saturated carbocycles. The zero-order valence-electron chi connectivity index (χ0n) is 10.2. The molecule has 3 aliphatic rings. The maximum atomic E-state index is 11.6. The summed E-state index contributed by atoms with van der Waals surface area (Å²) in [5.41, 5.74) is 0. The number of likely N-dealkylation sites (tertiary alicyclic amines) is 1. The summed E-state index contributed by atoms with van der Waals surface area (Å²) in [6, 6.07) is 1.44. The predicted octanol–water partition coefficient (Wildman–Crippen LogP) is 2.76. The second kappa shape index (κ2) is 4.48. The average Bonchev–Trinajstić information content (AvgIpc) is 2.72. The molecule has 3 unspecified atom stereocenters. The van der Waals surface area contributed by atoms with Crippen molar-refractivity contribution in [3.8, 4) is 0 Å². The third kappa shape index (κ3) is 1.92. The summed E-state index contributed by atoms with van der Waals surface area (Å²) in [5, 5.41) is 0. The second-order valence-corrected chi connectivity index (χ2v) is 5.93. The van der Waals surface area contributed by atoms with Gasteiger partial charge < -0.3 is 0 Å². The van der Waals surface area contributed by atoms with Crippen LogP contribution in [0, 0.1) is 5.92 Å². The van der Waals surface area contributed by atoms with Crippen molar-refractivity contribution < 1.29 is 4.79 Å². The first kappa shape index (κ1) is 10.8. The molecule has 0 radical (unpaired) electrons. The van der Waals surface area contributed by atoms with Crippen LogP contribution in [0.15, 0.2) is 0 Å². The van der Waals surface area contributed by atoms with Crippen molar-refractivity contribution in [2.45, 2.75) is 69.9 Å². The van der Waals surface area contributed by atoms with E-state index in [4.69, 9.17) is 0 Å². The average molecular weight is 221 g/mol. The van der Waals surface area contributed by atoms with Crippen molar-refractivity contribution in [2.75, 3.05) is 6.54 Å². The molecule has 1 aliphatic heterocycles. The Hall–Kier alpha value is -0.370. The number of hydrogen-bond donors (Lipinski definition) is 0. The van der Waals surface area contributed by atoms with Crippen LogP contribution in [0.5, 0.6) is 0 Å². The van der Waals surface area contributed by atoms with Crippen LogP contribution in [0.25, 0.3) is 0 Å². The second-order valence-electron chi connectivity index (χ2n) is 5.93.